The van der Waals surface area contributed by atoms with E-state index in [1.54, 1.807) is 0 Å². The van der Waals surface area contributed by atoms with Crippen molar-refractivity contribution in [2.75, 3.05) is 13.2 Å². The predicted molar refractivity (Wildman–Crippen MR) is 91.2 cm³/mol. The van der Waals surface area contributed by atoms with Crippen LogP contribution in [0.1, 0.15) is 24.0 Å². The Morgan fingerprint density at radius 2 is 1.04 bits per heavy atom. The lowest BCUT2D eigenvalue weighted by molar-refractivity contribution is -0.138. The van der Waals surface area contributed by atoms with Crippen LogP contribution in [-0.4, -0.2) is 35.4 Å². The molecule has 2 rings (SSSR count). The van der Waals surface area contributed by atoms with Gasteiger partial charge in [0.05, 0.1) is 26.1 Å². The van der Waals surface area contributed by atoms with Crippen LogP contribution in [0, 0.1) is 0 Å². The Labute approximate surface area is 145 Å². The second-order valence-corrected chi connectivity index (χ2v) is 5.45. The van der Waals surface area contributed by atoms with E-state index in [-0.39, 0.29) is 26.1 Å². The van der Waals surface area contributed by atoms with Crippen molar-refractivity contribution in [3.63, 3.8) is 0 Å². The first kappa shape index (κ1) is 18.3. The van der Waals surface area contributed by atoms with E-state index in [2.05, 4.69) is 0 Å². The van der Waals surface area contributed by atoms with Gasteiger partial charge >= 0.3 is 11.9 Å². The summed E-state index contributed by atoms with van der Waals surface area (Å²) in [5, 5.41) is 17.2. The summed E-state index contributed by atoms with van der Waals surface area (Å²) in [6.45, 7) is 0.302. The molecule has 0 aliphatic carbocycles. The number of aliphatic carboxylic acids is 2. The Bertz CT molecular complexity index is 629. The van der Waals surface area contributed by atoms with Crippen LogP contribution in [0.2, 0.25) is 0 Å². The first-order chi connectivity index (χ1) is 12.0. The fraction of sp³-hybridized carbons (Fsp3) is 0.263. The normalized spacial score (nSPS) is 10.2. The van der Waals surface area contributed by atoms with Gasteiger partial charge in [-0.2, -0.15) is 0 Å². The van der Waals surface area contributed by atoms with E-state index in [1.165, 1.54) is 0 Å². The van der Waals surface area contributed by atoms with Gasteiger partial charge in [0, 0.05) is 0 Å². The van der Waals surface area contributed by atoms with Crippen molar-refractivity contribution in [1.82, 2.24) is 0 Å². The number of hydrogen-bond donors (Lipinski definition) is 2. The van der Waals surface area contributed by atoms with Crippen molar-refractivity contribution >= 4 is 11.9 Å². The molecular formula is C19H20O6. The van der Waals surface area contributed by atoms with Crippen molar-refractivity contribution in [2.24, 2.45) is 0 Å². The van der Waals surface area contributed by atoms with Crippen LogP contribution in [-0.2, 0) is 16.0 Å². The fourth-order valence-corrected chi connectivity index (χ4v) is 2.16. The molecule has 0 saturated heterocycles. The highest BCUT2D eigenvalue weighted by Crippen LogP contribution is 2.18. The monoisotopic (exact) mass is 344 g/mol. The largest absolute Gasteiger partial charge is 0.493 e. The number of carbonyl (C=O) groups is 2. The van der Waals surface area contributed by atoms with E-state index in [9.17, 15) is 9.59 Å². The lowest BCUT2D eigenvalue weighted by atomic mass is 10.0. The number of carboxylic acids is 2. The third-order valence-electron chi connectivity index (χ3n) is 3.42. The highest BCUT2D eigenvalue weighted by molar-refractivity contribution is 5.67. The summed E-state index contributed by atoms with van der Waals surface area (Å²) in [5.41, 5.74) is 2.20. The molecule has 0 atom stereocenters. The summed E-state index contributed by atoms with van der Waals surface area (Å²) in [4.78, 5) is 20.9. The topological polar surface area (TPSA) is 93.1 Å². The van der Waals surface area contributed by atoms with Crippen LogP contribution in [0.4, 0.5) is 0 Å². The van der Waals surface area contributed by atoms with Gasteiger partial charge in [-0.05, 0) is 41.8 Å². The molecule has 2 aromatic carbocycles. The van der Waals surface area contributed by atoms with Crippen LogP contribution in [0.15, 0.2) is 48.5 Å². The summed E-state index contributed by atoms with van der Waals surface area (Å²) in [6.07, 6.45) is 0.691. The number of carboxylic acid groups (broad SMARTS) is 2. The molecule has 0 aliphatic rings. The summed E-state index contributed by atoms with van der Waals surface area (Å²) in [7, 11) is 0. The molecule has 0 saturated carbocycles. The van der Waals surface area contributed by atoms with Gasteiger partial charge in [0.1, 0.15) is 11.5 Å². The maximum absolute atomic E-state index is 10.4. The molecule has 0 bridgehead atoms. The van der Waals surface area contributed by atoms with E-state index in [4.69, 9.17) is 19.7 Å². The molecule has 6 heteroatoms. The second kappa shape index (κ2) is 9.32. The highest BCUT2D eigenvalue weighted by Gasteiger charge is 2.02. The quantitative estimate of drug-likeness (QED) is 0.688. The highest BCUT2D eigenvalue weighted by atomic mass is 16.5. The minimum Gasteiger partial charge on any atom is -0.493 e. The van der Waals surface area contributed by atoms with Crippen LogP contribution in [0.5, 0.6) is 11.5 Å². The van der Waals surface area contributed by atoms with Crippen LogP contribution < -0.4 is 9.47 Å². The van der Waals surface area contributed by atoms with Crippen LogP contribution in [0.25, 0.3) is 0 Å². The second-order valence-electron chi connectivity index (χ2n) is 5.45. The smallest absolute Gasteiger partial charge is 0.306 e. The summed E-state index contributed by atoms with van der Waals surface area (Å²) in [6, 6.07) is 15.0. The molecule has 0 heterocycles. The maximum Gasteiger partial charge on any atom is 0.306 e. The van der Waals surface area contributed by atoms with Gasteiger partial charge in [0.25, 0.3) is 0 Å². The zero-order chi connectivity index (χ0) is 18.1. The maximum atomic E-state index is 10.4. The van der Waals surface area contributed by atoms with Crippen molar-refractivity contribution in [3.8, 4) is 11.5 Å². The minimum absolute atomic E-state index is 0.0252. The third kappa shape index (κ3) is 6.95. The molecule has 0 unspecified atom stereocenters. The molecule has 0 spiro atoms. The van der Waals surface area contributed by atoms with Gasteiger partial charge in [0.2, 0.25) is 0 Å². The lowest BCUT2D eigenvalue weighted by Crippen LogP contribution is -2.04. The molecule has 6 nitrogen and oxygen atoms in total. The fourth-order valence-electron chi connectivity index (χ4n) is 2.16. The molecule has 0 aromatic heterocycles. The van der Waals surface area contributed by atoms with Crippen LogP contribution in [0.3, 0.4) is 0 Å². The zero-order valence-corrected chi connectivity index (χ0v) is 13.7. The molecule has 0 fully saturated rings. The van der Waals surface area contributed by atoms with Crippen molar-refractivity contribution in [3.05, 3.63) is 59.7 Å². The average Bonchev–Trinajstić information content (AvgIpc) is 2.57. The van der Waals surface area contributed by atoms with Crippen LogP contribution >= 0.6 is 0 Å². The zero-order valence-electron chi connectivity index (χ0n) is 13.7. The Morgan fingerprint density at radius 3 is 1.36 bits per heavy atom. The Morgan fingerprint density at radius 1 is 0.680 bits per heavy atom. The van der Waals surface area contributed by atoms with E-state index in [0.29, 0.717) is 11.5 Å². The first-order valence-electron chi connectivity index (χ1n) is 7.90. The van der Waals surface area contributed by atoms with Crippen molar-refractivity contribution in [1.29, 1.82) is 0 Å². The minimum atomic E-state index is -0.882. The van der Waals surface area contributed by atoms with Gasteiger partial charge in [0.15, 0.2) is 0 Å². The molecule has 132 valence electrons. The average molecular weight is 344 g/mol. The van der Waals surface area contributed by atoms with Crippen molar-refractivity contribution < 1.29 is 29.3 Å². The standard InChI is InChI=1S/C19H20O6/c20-18(21)9-11-24-16-5-1-14(2-6-16)13-15-3-7-17(8-4-15)25-12-10-19(22)23/h1-8H,9-13H2,(H,20,21)(H,22,23). The molecule has 2 aromatic rings. The molecular weight excluding hydrogens is 324 g/mol. The predicted octanol–water partition coefficient (Wildman–Crippen LogP) is 2.98. The molecule has 0 aliphatic heterocycles. The number of hydrogen-bond acceptors (Lipinski definition) is 4. The first-order valence-corrected chi connectivity index (χ1v) is 7.90. The molecule has 0 radical (unpaired) electrons. The van der Waals surface area contributed by atoms with Gasteiger partial charge in [-0.15, -0.1) is 0 Å². The number of benzene rings is 2. The molecule has 25 heavy (non-hydrogen) atoms. The SMILES string of the molecule is O=C(O)CCOc1ccc(Cc2ccc(OCCC(=O)O)cc2)cc1. The van der Waals surface area contributed by atoms with E-state index in [0.717, 1.165) is 17.5 Å². The Hall–Kier alpha value is -3.02. The summed E-state index contributed by atoms with van der Waals surface area (Å²) in [5.74, 6) is -0.474. The van der Waals surface area contributed by atoms with Gasteiger partial charge < -0.3 is 19.7 Å². The van der Waals surface area contributed by atoms with Crippen molar-refractivity contribution in [2.45, 2.75) is 19.3 Å². The van der Waals surface area contributed by atoms with E-state index >= 15 is 0 Å². The van der Waals surface area contributed by atoms with E-state index in [1.807, 2.05) is 48.5 Å². The van der Waals surface area contributed by atoms with Gasteiger partial charge in [-0.3, -0.25) is 9.59 Å². The van der Waals surface area contributed by atoms with Gasteiger partial charge in [-0.1, -0.05) is 24.3 Å². The number of ether oxygens (including phenoxy) is 2. The summed E-state index contributed by atoms with van der Waals surface area (Å²) < 4.78 is 10.7. The Kier molecular flexibility index (Phi) is 6.83. The molecule has 2 N–H and O–H groups in total. The van der Waals surface area contributed by atoms with Gasteiger partial charge in [-0.25, -0.2) is 0 Å². The lowest BCUT2D eigenvalue weighted by Gasteiger charge is -2.08. The van der Waals surface area contributed by atoms with E-state index < -0.39 is 11.9 Å². The molecule has 0 amide bonds. The summed E-state index contributed by atoms with van der Waals surface area (Å²) >= 11 is 0. The number of rotatable bonds is 10. The Balaban J connectivity index is 1.83. The third-order valence-corrected chi connectivity index (χ3v) is 3.42.